The standard InChI is InChI=1S/C27H21N5O5S/c1-16-8-9-22(26-25(16)18(13-28)14-29-26)31-38(36,37)19-5-2-4-17(12-19)27(35)30-21-6-3-7-23-20(21)10-11-32(23)15-24(33)34/h2-12,14,29,31H,15H2,1H3,(H,30,35)(H,33,34). The molecular weight excluding hydrogens is 506 g/mol. The van der Waals surface area contributed by atoms with Gasteiger partial charge in [0, 0.05) is 28.7 Å². The highest BCUT2D eigenvalue weighted by atomic mass is 32.2. The molecular formula is C27H21N5O5S. The summed E-state index contributed by atoms with van der Waals surface area (Å²) < 4.78 is 30.6. The van der Waals surface area contributed by atoms with Crippen LogP contribution in [0.25, 0.3) is 21.8 Å². The minimum Gasteiger partial charge on any atom is -0.480 e. The van der Waals surface area contributed by atoms with E-state index in [0.717, 1.165) is 5.56 Å². The Labute approximate surface area is 217 Å². The Bertz CT molecular complexity index is 1900. The van der Waals surface area contributed by atoms with Crippen molar-refractivity contribution in [3.8, 4) is 6.07 Å². The Morgan fingerprint density at radius 1 is 1.08 bits per heavy atom. The first-order valence-electron chi connectivity index (χ1n) is 11.4. The highest BCUT2D eigenvalue weighted by Crippen LogP contribution is 2.30. The number of anilines is 2. The third-order valence-corrected chi connectivity index (χ3v) is 7.55. The number of sulfonamides is 1. The number of hydrogen-bond acceptors (Lipinski definition) is 5. The second-order valence-electron chi connectivity index (χ2n) is 8.66. The molecule has 2 heterocycles. The molecule has 2 aromatic heterocycles. The first kappa shape index (κ1) is 24.6. The molecule has 0 aliphatic carbocycles. The average molecular weight is 528 g/mol. The maximum Gasteiger partial charge on any atom is 0.323 e. The van der Waals surface area contributed by atoms with E-state index in [4.69, 9.17) is 5.11 Å². The number of benzene rings is 3. The van der Waals surface area contributed by atoms with E-state index in [0.29, 0.717) is 33.1 Å². The van der Waals surface area contributed by atoms with Crippen LogP contribution in [0.1, 0.15) is 21.5 Å². The van der Waals surface area contributed by atoms with E-state index in [-0.39, 0.29) is 22.7 Å². The highest BCUT2D eigenvalue weighted by Gasteiger charge is 2.20. The van der Waals surface area contributed by atoms with Crippen LogP contribution >= 0.6 is 0 Å². The fourth-order valence-corrected chi connectivity index (χ4v) is 5.53. The summed E-state index contributed by atoms with van der Waals surface area (Å²) in [6.07, 6.45) is 3.15. The maximum atomic E-state index is 13.2. The lowest BCUT2D eigenvalue weighted by Crippen LogP contribution is -2.16. The zero-order chi connectivity index (χ0) is 27.0. The van der Waals surface area contributed by atoms with Crippen molar-refractivity contribution in [1.29, 1.82) is 5.26 Å². The van der Waals surface area contributed by atoms with Crippen molar-refractivity contribution in [2.75, 3.05) is 10.0 Å². The molecule has 4 N–H and O–H groups in total. The van der Waals surface area contributed by atoms with E-state index in [1.54, 1.807) is 47.2 Å². The number of carboxylic acids is 1. The summed E-state index contributed by atoms with van der Waals surface area (Å²) in [4.78, 5) is 27.0. The van der Waals surface area contributed by atoms with Crippen molar-refractivity contribution < 1.29 is 23.1 Å². The number of carboxylic acid groups (broad SMARTS) is 1. The third kappa shape index (κ3) is 4.44. The SMILES string of the molecule is Cc1ccc(NS(=O)(=O)c2cccc(C(=O)Nc3cccc4c3ccn4CC(=O)O)c2)c2[nH]cc(C#N)c12. The van der Waals surface area contributed by atoms with Crippen molar-refractivity contribution in [2.24, 2.45) is 0 Å². The van der Waals surface area contributed by atoms with E-state index in [9.17, 15) is 23.3 Å². The first-order valence-corrected chi connectivity index (χ1v) is 12.9. The van der Waals surface area contributed by atoms with Crippen LogP contribution in [-0.4, -0.2) is 35.0 Å². The summed E-state index contributed by atoms with van der Waals surface area (Å²) in [7, 11) is -4.08. The van der Waals surface area contributed by atoms with Gasteiger partial charge in [0.05, 0.1) is 32.9 Å². The number of nitrogens with one attached hydrogen (secondary N) is 3. The van der Waals surface area contributed by atoms with Crippen molar-refractivity contribution in [1.82, 2.24) is 9.55 Å². The Hall–Kier alpha value is -5.08. The van der Waals surface area contributed by atoms with Crippen molar-refractivity contribution >= 4 is 55.1 Å². The molecule has 0 radical (unpaired) electrons. The van der Waals surface area contributed by atoms with Gasteiger partial charge in [0.1, 0.15) is 12.6 Å². The number of aryl methyl sites for hydroxylation is 1. The predicted octanol–water partition coefficient (Wildman–Crippen LogP) is 4.44. The molecule has 0 unspecified atom stereocenters. The van der Waals surface area contributed by atoms with Crippen molar-refractivity contribution in [3.63, 3.8) is 0 Å². The zero-order valence-electron chi connectivity index (χ0n) is 20.0. The lowest BCUT2D eigenvalue weighted by molar-refractivity contribution is -0.137. The summed E-state index contributed by atoms with van der Waals surface area (Å²) in [5, 5.41) is 22.5. The molecule has 0 saturated carbocycles. The lowest BCUT2D eigenvalue weighted by atomic mass is 10.1. The van der Waals surface area contributed by atoms with Crippen LogP contribution < -0.4 is 10.0 Å². The summed E-state index contributed by atoms with van der Waals surface area (Å²) in [6.45, 7) is 1.61. The molecule has 1 amide bonds. The first-order chi connectivity index (χ1) is 18.2. The van der Waals surface area contributed by atoms with Crippen LogP contribution in [0.2, 0.25) is 0 Å². The Morgan fingerprint density at radius 3 is 2.63 bits per heavy atom. The quantitative estimate of drug-likeness (QED) is 0.245. The van der Waals surface area contributed by atoms with E-state index < -0.39 is 21.9 Å². The van der Waals surface area contributed by atoms with Crippen LogP contribution in [0.5, 0.6) is 0 Å². The fraction of sp³-hybridized carbons (Fsp3) is 0.0741. The molecule has 0 aliphatic rings. The molecule has 3 aromatic carbocycles. The van der Waals surface area contributed by atoms with Gasteiger partial charge in [-0.1, -0.05) is 18.2 Å². The Balaban J connectivity index is 1.42. The van der Waals surface area contributed by atoms with E-state index in [1.807, 2.05) is 6.92 Å². The van der Waals surface area contributed by atoms with E-state index in [1.165, 1.54) is 30.5 Å². The minimum absolute atomic E-state index is 0.114. The second kappa shape index (κ2) is 9.42. The molecule has 0 aliphatic heterocycles. The summed E-state index contributed by atoms with van der Waals surface area (Å²) >= 11 is 0. The van der Waals surface area contributed by atoms with E-state index >= 15 is 0 Å². The van der Waals surface area contributed by atoms with Gasteiger partial charge in [0.25, 0.3) is 15.9 Å². The number of aromatic amines is 1. The molecule has 5 rings (SSSR count). The number of rotatable bonds is 7. The predicted molar refractivity (Wildman–Crippen MR) is 143 cm³/mol. The second-order valence-corrected chi connectivity index (χ2v) is 10.3. The number of fused-ring (bicyclic) bond motifs is 2. The number of aliphatic carboxylic acids is 1. The number of carbonyl (C=O) groups excluding carboxylic acids is 1. The number of hydrogen-bond donors (Lipinski definition) is 4. The Kier molecular flexibility index (Phi) is 6.10. The van der Waals surface area contributed by atoms with Gasteiger partial charge in [-0.2, -0.15) is 5.26 Å². The van der Waals surface area contributed by atoms with Crippen LogP contribution in [0.15, 0.2) is 78.0 Å². The minimum atomic E-state index is -4.08. The molecule has 10 nitrogen and oxygen atoms in total. The summed E-state index contributed by atoms with van der Waals surface area (Å²) in [5.74, 6) is -1.52. The topological polar surface area (TPSA) is 157 Å². The van der Waals surface area contributed by atoms with Gasteiger partial charge >= 0.3 is 5.97 Å². The number of nitrogens with zero attached hydrogens (tertiary/aromatic N) is 2. The molecule has 0 bridgehead atoms. The molecule has 190 valence electrons. The van der Waals surface area contributed by atoms with Gasteiger partial charge in [-0.25, -0.2) is 8.42 Å². The summed E-state index contributed by atoms with van der Waals surface area (Å²) in [5.41, 5.74) is 3.22. The lowest BCUT2D eigenvalue weighted by Gasteiger charge is -2.12. The van der Waals surface area contributed by atoms with Gasteiger partial charge in [0.2, 0.25) is 0 Å². The smallest absolute Gasteiger partial charge is 0.323 e. The number of H-pyrrole nitrogens is 1. The van der Waals surface area contributed by atoms with E-state index in [2.05, 4.69) is 21.1 Å². The van der Waals surface area contributed by atoms with Gasteiger partial charge in [-0.05, 0) is 55.0 Å². The van der Waals surface area contributed by atoms with Crippen LogP contribution in [0.4, 0.5) is 11.4 Å². The highest BCUT2D eigenvalue weighted by molar-refractivity contribution is 7.92. The molecule has 0 spiro atoms. The maximum absolute atomic E-state index is 13.2. The monoisotopic (exact) mass is 527 g/mol. The summed E-state index contributed by atoms with van der Waals surface area (Å²) in [6, 6.07) is 17.9. The fourth-order valence-electron chi connectivity index (χ4n) is 4.41. The van der Waals surface area contributed by atoms with Crippen molar-refractivity contribution in [2.45, 2.75) is 18.4 Å². The number of amides is 1. The largest absolute Gasteiger partial charge is 0.480 e. The Morgan fingerprint density at radius 2 is 1.87 bits per heavy atom. The van der Waals surface area contributed by atoms with Gasteiger partial charge in [0.15, 0.2) is 0 Å². The van der Waals surface area contributed by atoms with Gasteiger partial charge in [-0.3, -0.25) is 14.3 Å². The number of carbonyl (C=O) groups is 2. The average Bonchev–Trinajstić information content (AvgIpc) is 3.51. The van der Waals surface area contributed by atoms with Gasteiger partial charge in [-0.15, -0.1) is 0 Å². The molecule has 0 saturated heterocycles. The molecule has 11 heteroatoms. The third-order valence-electron chi connectivity index (χ3n) is 6.18. The molecule has 0 atom stereocenters. The van der Waals surface area contributed by atoms with Crippen LogP contribution in [0, 0.1) is 18.3 Å². The van der Waals surface area contributed by atoms with Gasteiger partial charge < -0.3 is 20.0 Å². The van der Waals surface area contributed by atoms with Crippen LogP contribution in [0.3, 0.4) is 0 Å². The number of nitriles is 1. The molecule has 5 aromatic rings. The molecule has 0 fully saturated rings. The van der Waals surface area contributed by atoms with Crippen molar-refractivity contribution in [3.05, 3.63) is 89.7 Å². The molecule has 38 heavy (non-hydrogen) atoms. The van der Waals surface area contributed by atoms with Crippen LogP contribution in [-0.2, 0) is 21.4 Å². The zero-order valence-corrected chi connectivity index (χ0v) is 20.8. The number of aromatic nitrogens is 2. The normalized spacial score (nSPS) is 11.4.